The van der Waals surface area contributed by atoms with Crippen molar-refractivity contribution in [3.05, 3.63) is 35.7 Å². The van der Waals surface area contributed by atoms with E-state index in [-0.39, 0.29) is 5.95 Å². The van der Waals surface area contributed by atoms with E-state index in [1.165, 1.54) is 6.33 Å². The minimum atomic E-state index is 0.233. The van der Waals surface area contributed by atoms with Crippen LogP contribution in [0.15, 0.2) is 24.5 Å². The average Bonchev–Trinajstić information content (AvgIpc) is 2.65. The van der Waals surface area contributed by atoms with Gasteiger partial charge in [-0.2, -0.15) is 5.26 Å². The first-order valence-electron chi connectivity index (χ1n) is 4.39. The summed E-state index contributed by atoms with van der Waals surface area (Å²) >= 11 is 0. The summed E-state index contributed by atoms with van der Waals surface area (Å²) in [7, 11) is 0. The second-order valence-corrected chi connectivity index (χ2v) is 3.16. The number of nitrogens with zero attached hydrogens (tertiary/aromatic N) is 4. The van der Waals surface area contributed by atoms with Gasteiger partial charge in [0.15, 0.2) is 0 Å². The topological polar surface area (TPSA) is 80.5 Å². The summed E-state index contributed by atoms with van der Waals surface area (Å²) in [4.78, 5) is 3.83. The van der Waals surface area contributed by atoms with Gasteiger partial charge >= 0.3 is 0 Å². The van der Waals surface area contributed by atoms with Crippen molar-refractivity contribution in [3.63, 3.8) is 0 Å². The maximum absolute atomic E-state index is 8.78. The molecule has 74 valence electrons. The molecule has 2 rings (SSSR count). The molecule has 0 saturated carbocycles. The lowest BCUT2D eigenvalue weighted by Crippen LogP contribution is -1.97. The number of rotatable bonds is 1. The lowest BCUT2D eigenvalue weighted by atomic mass is 10.1. The Balaban J connectivity index is 2.48. The van der Waals surface area contributed by atoms with Crippen molar-refractivity contribution in [3.8, 4) is 11.8 Å². The maximum Gasteiger partial charge on any atom is 0.239 e. The van der Waals surface area contributed by atoms with Crippen LogP contribution in [0, 0.1) is 18.3 Å². The summed E-state index contributed by atoms with van der Waals surface area (Å²) < 4.78 is 1.57. The van der Waals surface area contributed by atoms with Gasteiger partial charge in [-0.25, -0.2) is 9.67 Å². The Bertz CT molecular complexity index is 535. The van der Waals surface area contributed by atoms with Crippen molar-refractivity contribution >= 4 is 5.95 Å². The molecule has 0 radical (unpaired) electrons. The molecule has 2 aromatic rings. The van der Waals surface area contributed by atoms with E-state index in [1.807, 2.05) is 13.0 Å². The summed E-state index contributed by atoms with van der Waals surface area (Å²) in [6.45, 7) is 1.88. The highest BCUT2D eigenvalue weighted by molar-refractivity contribution is 5.44. The number of aromatic nitrogens is 3. The van der Waals surface area contributed by atoms with Crippen molar-refractivity contribution in [2.75, 3.05) is 5.73 Å². The zero-order chi connectivity index (χ0) is 10.8. The molecule has 1 aromatic heterocycles. The van der Waals surface area contributed by atoms with Gasteiger partial charge < -0.3 is 5.73 Å². The average molecular weight is 199 g/mol. The van der Waals surface area contributed by atoms with Crippen molar-refractivity contribution in [1.29, 1.82) is 5.26 Å². The van der Waals surface area contributed by atoms with Crippen LogP contribution in [0.5, 0.6) is 0 Å². The molecule has 0 aliphatic heterocycles. The molecule has 1 heterocycles. The second kappa shape index (κ2) is 3.42. The fourth-order valence-corrected chi connectivity index (χ4v) is 1.32. The number of aryl methyl sites for hydroxylation is 1. The Morgan fingerprint density at radius 2 is 2.27 bits per heavy atom. The van der Waals surface area contributed by atoms with Crippen LogP contribution in [-0.2, 0) is 0 Å². The smallest absolute Gasteiger partial charge is 0.239 e. The highest BCUT2D eigenvalue weighted by Crippen LogP contribution is 2.13. The van der Waals surface area contributed by atoms with E-state index in [0.29, 0.717) is 5.56 Å². The van der Waals surface area contributed by atoms with Gasteiger partial charge in [0.2, 0.25) is 5.95 Å². The summed E-state index contributed by atoms with van der Waals surface area (Å²) in [6.07, 6.45) is 1.54. The van der Waals surface area contributed by atoms with Crippen LogP contribution in [-0.4, -0.2) is 14.8 Å². The van der Waals surface area contributed by atoms with Crippen LogP contribution in [0.4, 0.5) is 5.95 Å². The van der Waals surface area contributed by atoms with Gasteiger partial charge in [0.05, 0.1) is 17.3 Å². The maximum atomic E-state index is 8.78. The molecule has 0 saturated heterocycles. The lowest BCUT2D eigenvalue weighted by Gasteiger charge is -2.02. The highest BCUT2D eigenvalue weighted by atomic mass is 15.4. The van der Waals surface area contributed by atoms with Crippen LogP contribution in [0.25, 0.3) is 5.69 Å². The largest absolute Gasteiger partial charge is 0.366 e. The number of benzene rings is 1. The van der Waals surface area contributed by atoms with Crippen molar-refractivity contribution in [2.24, 2.45) is 0 Å². The molecule has 5 heteroatoms. The molecule has 0 bridgehead atoms. The number of hydrogen-bond donors (Lipinski definition) is 1. The molecule has 0 fully saturated rings. The molecule has 0 spiro atoms. The van der Waals surface area contributed by atoms with E-state index in [9.17, 15) is 0 Å². The molecular formula is C10H9N5. The molecule has 0 atom stereocenters. The Morgan fingerprint density at radius 1 is 1.47 bits per heavy atom. The molecule has 0 amide bonds. The van der Waals surface area contributed by atoms with Gasteiger partial charge in [0, 0.05) is 0 Å². The first kappa shape index (κ1) is 9.21. The zero-order valence-electron chi connectivity index (χ0n) is 8.18. The quantitative estimate of drug-likeness (QED) is 0.743. The van der Waals surface area contributed by atoms with E-state index in [1.54, 1.807) is 16.8 Å². The number of anilines is 1. The Hall–Kier alpha value is -2.35. The predicted octanol–water partition coefficient (Wildman–Crippen LogP) is 1.03. The highest BCUT2D eigenvalue weighted by Gasteiger charge is 2.02. The van der Waals surface area contributed by atoms with Gasteiger partial charge in [0.25, 0.3) is 0 Å². The zero-order valence-corrected chi connectivity index (χ0v) is 8.18. The third-order valence-electron chi connectivity index (χ3n) is 2.10. The van der Waals surface area contributed by atoms with Gasteiger partial charge in [-0.3, -0.25) is 0 Å². The molecule has 0 aliphatic rings. The minimum Gasteiger partial charge on any atom is -0.366 e. The summed E-state index contributed by atoms with van der Waals surface area (Å²) in [5, 5.41) is 12.8. The SMILES string of the molecule is Cc1cc(-n2cnc(N)n2)ccc1C#N. The van der Waals surface area contributed by atoms with E-state index in [2.05, 4.69) is 16.2 Å². The molecule has 0 unspecified atom stereocenters. The fraction of sp³-hybridized carbons (Fsp3) is 0.100. The first-order chi connectivity index (χ1) is 7.20. The predicted molar refractivity (Wildman–Crippen MR) is 55.2 cm³/mol. The third kappa shape index (κ3) is 1.65. The Morgan fingerprint density at radius 3 is 2.80 bits per heavy atom. The van der Waals surface area contributed by atoms with Crippen molar-refractivity contribution in [1.82, 2.24) is 14.8 Å². The first-order valence-corrected chi connectivity index (χ1v) is 4.39. The number of nitrogen functional groups attached to an aromatic ring is 1. The molecule has 15 heavy (non-hydrogen) atoms. The second-order valence-electron chi connectivity index (χ2n) is 3.16. The van der Waals surface area contributed by atoms with E-state index in [4.69, 9.17) is 11.0 Å². The molecule has 5 nitrogen and oxygen atoms in total. The summed E-state index contributed by atoms with van der Waals surface area (Å²) in [5.41, 5.74) is 7.82. The third-order valence-corrected chi connectivity index (χ3v) is 2.10. The van der Waals surface area contributed by atoms with E-state index < -0.39 is 0 Å². The van der Waals surface area contributed by atoms with Gasteiger partial charge in [0.1, 0.15) is 6.33 Å². The molecule has 1 aromatic carbocycles. The standard InChI is InChI=1S/C10H9N5/c1-7-4-9(3-2-8(7)5-11)15-6-13-10(12)14-15/h2-4,6H,1H3,(H2,12,14). The minimum absolute atomic E-state index is 0.233. The fourth-order valence-electron chi connectivity index (χ4n) is 1.32. The van der Waals surface area contributed by atoms with Crippen molar-refractivity contribution < 1.29 is 0 Å². The monoisotopic (exact) mass is 199 g/mol. The summed E-state index contributed by atoms with van der Waals surface area (Å²) in [5.74, 6) is 0.233. The van der Waals surface area contributed by atoms with Crippen LogP contribution < -0.4 is 5.73 Å². The van der Waals surface area contributed by atoms with Gasteiger partial charge in [-0.05, 0) is 30.7 Å². The van der Waals surface area contributed by atoms with Crippen molar-refractivity contribution in [2.45, 2.75) is 6.92 Å². The summed E-state index contributed by atoms with van der Waals surface area (Å²) in [6, 6.07) is 7.53. The van der Waals surface area contributed by atoms with Gasteiger partial charge in [-0.1, -0.05) is 0 Å². The van der Waals surface area contributed by atoms with E-state index >= 15 is 0 Å². The molecule has 0 aliphatic carbocycles. The van der Waals surface area contributed by atoms with Crippen LogP contribution >= 0.6 is 0 Å². The number of hydrogen-bond acceptors (Lipinski definition) is 4. The van der Waals surface area contributed by atoms with Crippen LogP contribution in [0.3, 0.4) is 0 Å². The Labute approximate surface area is 86.8 Å². The number of nitrogens with two attached hydrogens (primary N) is 1. The molecule has 2 N–H and O–H groups in total. The number of nitriles is 1. The Kier molecular flexibility index (Phi) is 2.10. The lowest BCUT2D eigenvalue weighted by molar-refractivity contribution is 0.881. The van der Waals surface area contributed by atoms with Crippen LogP contribution in [0.1, 0.15) is 11.1 Å². The van der Waals surface area contributed by atoms with Gasteiger partial charge in [-0.15, -0.1) is 5.10 Å². The normalized spacial score (nSPS) is 9.87. The van der Waals surface area contributed by atoms with Crippen LogP contribution in [0.2, 0.25) is 0 Å². The molecular weight excluding hydrogens is 190 g/mol. The van der Waals surface area contributed by atoms with E-state index in [0.717, 1.165) is 11.3 Å².